The second-order valence-electron chi connectivity index (χ2n) is 4.59. The zero-order valence-corrected chi connectivity index (χ0v) is 13.6. The molecule has 1 aromatic carbocycles. The Morgan fingerprint density at radius 2 is 2.19 bits per heavy atom. The van der Waals surface area contributed by atoms with Crippen molar-refractivity contribution >= 4 is 37.5 Å². The summed E-state index contributed by atoms with van der Waals surface area (Å²) in [7, 11) is -3.83. The van der Waals surface area contributed by atoms with Crippen LogP contribution in [0.4, 0.5) is 10.1 Å². The summed E-state index contributed by atoms with van der Waals surface area (Å²) in [5.74, 6) is -0.706. The van der Waals surface area contributed by atoms with E-state index in [0.29, 0.717) is 16.8 Å². The average molecular weight is 381 g/mol. The number of rotatable bonds is 4. The standard InChI is InChI=1S/C12H14BrFN2O4S/c1-2-20-12-9(13)3-7(14)4-10(12)16-6-8(5-11(16)17)21(15,18)19/h3-4,8H,2,5-6H2,1H3,(H2,15,18,19). The lowest BCUT2D eigenvalue weighted by atomic mass is 10.2. The highest BCUT2D eigenvalue weighted by molar-refractivity contribution is 9.10. The first-order valence-electron chi connectivity index (χ1n) is 6.17. The Kier molecular flexibility index (Phi) is 4.54. The molecule has 116 valence electrons. The minimum absolute atomic E-state index is 0.117. The number of carbonyl (C=O) groups is 1. The smallest absolute Gasteiger partial charge is 0.228 e. The number of anilines is 1. The third-order valence-electron chi connectivity index (χ3n) is 3.12. The molecule has 21 heavy (non-hydrogen) atoms. The molecule has 6 nitrogen and oxygen atoms in total. The van der Waals surface area contributed by atoms with Crippen molar-refractivity contribution in [3.05, 3.63) is 22.4 Å². The zero-order valence-electron chi connectivity index (χ0n) is 11.2. The van der Waals surface area contributed by atoms with Crippen molar-refractivity contribution in [1.82, 2.24) is 0 Å². The lowest BCUT2D eigenvalue weighted by Gasteiger charge is -2.21. The molecule has 1 heterocycles. The average Bonchev–Trinajstić information content (AvgIpc) is 2.74. The minimum Gasteiger partial charge on any atom is -0.490 e. The van der Waals surface area contributed by atoms with Crippen LogP contribution in [0.1, 0.15) is 13.3 Å². The van der Waals surface area contributed by atoms with Crippen LogP contribution in [0.5, 0.6) is 5.75 Å². The van der Waals surface area contributed by atoms with E-state index in [1.54, 1.807) is 6.92 Å². The van der Waals surface area contributed by atoms with E-state index in [1.165, 1.54) is 11.0 Å². The molecular formula is C12H14BrFN2O4S. The molecule has 9 heteroatoms. The number of ether oxygens (including phenoxy) is 1. The summed E-state index contributed by atoms with van der Waals surface area (Å²) in [6.07, 6.45) is -0.224. The van der Waals surface area contributed by atoms with Crippen molar-refractivity contribution in [2.75, 3.05) is 18.1 Å². The van der Waals surface area contributed by atoms with Gasteiger partial charge in [-0.1, -0.05) is 0 Å². The van der Waals surface area contributed by atoms with Crippen LogP contribution in [0.15, 0.2) is 16.6 Å². The van der Waals surface area contributed by atoms with Crippen LogP contribution in [-0.2, 0) is 14.8 Å². The summed E-state index contributed by atoms with van der Waals surface area (Å²) in [6.45, 7) is 1.95. The summed E-state index contributed by atoms with van der Waals surface area (Å²) in [6, 6.07) is 2.35. The fraction of sp³-hybridized carbons (Fsp3) is 0.417. The Morgan fingerprint density at radius 3 is 2.71 bits per heavy atom. The first-order chi connectivity index (χ1) is 9.74. The Hall–Kier alpha value is -1.19. The van der Waals surface area contributed by atoms with Gasteiger partial charge in [0.15, 0.2) is 5.75 Å². The summed E-state index contributed by atoms with van der Waals surface area (Å²) < 4.78 is 42.1. The number of hydrogen-bond donors (Lipinski definition) is 1. The molecule has 2 rings (SSSR count). The van der Waals surface area contributed by atoms with E-state index in [1.807, 2.05) is 0 Å². The summed E-state index contributed by atoms with van der Waals surface area (Å²) >= 11 is 3.17. The third kappa shape index (κ3) is 3.35. The van der Waals surface area contributed by atoms with Crippen molar-refractivity contribution in [2.45, 2.75) is 18.6 Å². The molecule has 0 aliphatic carbocycles. The van der Waals surface area contributed by atoms with E-state index in [-0.39, 0.29) is 18.7 Å². The number of amides is 1. The van der Waals surface area contributed by atoms with E-state index in [2.05, 4.69) is 15.9 Å². The Morgan fingerprint density at radius 1 is 1.52 bits per heavy atom. The molecule has 1 aliphatic rings. The molecule has 0 radical (unpaired) electrons. The van der Waals surface area contributed by atoms with Crippen LogP contribution >= 0.6 is 15.9 Å². The summed E-state index contributed by atoms with van der Waals surface area (Å²) in [5.41, 5.74) is 0.194. The van der Waals surface area contributed by atoms with E-state index in [0.717, 1.165) is 6.07 Å². The van der Waals surface area contributed by atoms with Crippen LogP contribution in [0, 0.1) is 5.82 Å². The molecule has 1 aliphatic heterocycles. The van der Waals surface area contributed by atoms with Crippen molar-refractivity contribution in [1.29, 1.82) is 0 Å². The van der Waals surface area contributed by atoms with E-state index >= 15 is 0 Å². The third-order valence-corrected chi connectivity index (χ3v) is 4.96. The molecule has 1 fully saturated rings. The molecular weight excluding hydrogens is 367 g/mol. The van der Waals surface area contributed by atoms with Gasteiger partial charge in [-0.15, -0.1) is 0 Å². The van der Waals surface area contributed by atoms with E-state index < -0.39 is 27.0 Å². The Labute approximate surface area is 130 Å². The number of nitrogens with zero attached hydrogens (tertiary/aromatic N) is 1. The normalized spacial score (nSPS) is 19.1. The first kappa shape index (κ1) is 16.2. The SMILES string of the molecule is CCOc1c(Br)cc(F)cc1N1CC(S(N)(=O)=O)CC1=O. The number of nitrogens with two attached hydrogens (primary N) is 1. The highest BCUT2D eigenvalue weighted by Crippen LogP contribution is 2.39. The fourth-order valence-electron chi connectivity index (χ4n) is 2.16. The maximum atomic E-state index is 13.6. The van der Waals surface area contributed by atoms with Gasteiger partial charge in [0.25, 0.3) is 0 Å². The van der Waals surface area contributed by atoms with Gasteiger partial charge >= 0.3 is 0 Å². The van der Waals surface area contributed by atoms with Gasteiger partial charge in [0.2, 0.25) is 15.9 Å². The van der Waals surface area contributed by atoms with Gasteiger partial charge < -0.3 is 9.64 Å². The second kappa shape index (κ2) is 5.90. The lowest BCUT2D eigenvalue weighted by molar-refractivity contribution is -0.117. The minimum atomic E-state index is -3.83. The number of halogens is 2. The number of sulfonamides is 1. The number of carbonyl (C=O) groups excluding carboxylic acids is 1. The zero-order chi connectivity index (χ0) is 15.8. The van der Waals surface area contributed by atoms with Crippen LogP contribution in [-0.4, -0.2) is 32.7 Å². The largest absolute Gasteiger partial charge is 0.490 e. The molecule has 0 aromatic heterocycles. The molecule has 2 N–H and O–H groups in total. The number of hydrogen-bond acceptors (Lipinski definition) is 4. The molecule has 1 amide bonds. The van der Waals surface area contributed by atoms with Crippen LogP contribution in [0.3, 0.4) is 0 Å². The molecule has 1 aromatic rings. The van der Waals surface area contributed by atoms with Crippen LogP contribution in [0.25, 0.3) is 0 Å². The van der Waals surface area contributed by atoms with Gasteiger partial charge in [0.05, 0.1) is 16.8 Å². The monoisotopic (exact) mass is 380 g/mol. The van der Waals surface area contributed by atoms with Crippen molar-refractivity contribution in [3.8, 4) is 5.75 Å². The highest BCUT2D eigenvalue weighted by Gasteiger charge is 2.38. The van der Waals surface area contributed by atoms with Gasteiger partial charge in [-0.25, -0.2) is 17.9 Å². The number of primary sulfonamides is 1. The topological polar surface area (TPSA) is 89.7 Å². The summed E-state index contributed by atoms with van der Waals surface area (Å²) in [4.78, 5) is 13.2. The Balaban J connectivity index is 2.44. The van der Waals surface area contributed by atoms with Gasteiger partial charge in [-0.2, -0.15) is 0 Å². The fourth-order valence-corrected chi connectivity index (χ4v) is 3.43. The van der Waals surface area contributed by atoms with Gasteiger partial charge in [-0.05, 0) is 28.9 Å². The second-order valence-corrected chi connectivity index (χ2v) is 7.29. The van der Waals surface area contributed by atoms with Crippen LogP contribution < -0.4 is 14.8 Å². The molecule has 1 unspecified atom stereocenters. The van der Waals surface area contributed by atoms with Crippen molar-refractivity contribution < 1.29 is 22.3 Å². The molecule has 1 saturated heterocycles. The predicted octanol–water partition coefficient (Wildman–Crippen LogP) is 1.38. The molecule has 0 bridgehead atoms. The predicted molar refractivity (Wildman–Crippen MR) is 79.1 cm³/mol. The molecule has 1 atom stereocenters. The maximum Gasteiger partial charge on any atom is 0.228 e. The lowest BCUT2D eigenvalue weighted by Crippen LogP contribution is -2.32. The quantitative estimate of drug-likeness (QED) is 0.854. The van der Waals surface area contributed by atoms with Gasteiger partial charge in [-0.3, -0.25) is 4.79 Å². The number of benzene rings is 1. The van der Waals surface area contributed by atoms with Crippen molar-refractivity contribution in [3.63, 3.8) is 0 Å². The maximum absolute atomic E-state index is 13.6. The van der Waals surface area contributed by atoms with Gasteiger partial charge in [0, 0.05) is 19.0 Å². The first-order valence-corrected chi connectivity index (χ1v) is 8.58. The summed E-state index contributed by atoms with van der Waals surface area (Å²) in [5, 5.41) is 4.08. The van der Waals surface area contributed by atoms with Gasteiger partial charge in [0.1, 0.15) is 11.1 Å². The Bertz CT molecular complexity index is 680. The molecule has 0 saturated carbocycles. The highest BCUT2D eigenvalue weighted by atomic mass is 79.9. The van der Waals surface area contributed by atoms with Crippen LogP contribution in [0.2, 0.25) is 0 Å². The molecule has 0 spiro atoms. The van der Waals surface area contributed by atoms with Crippen molar-refractivity contribution in [2.24, 2.45) is 5.14 Å². The van der Waals surface area contributed by atoms with E-state index in [9.17, 15) is 17.6 Å². The van der Waals surface area contributed by atoms with E-state index in [4.69, 9.17) is 9.88 Å².